The van der Waals surface area contributed by atoms with E-state index in [4.69, 9.17) is 5.73 Å². The van der Waals surface area contributed by atoms with Crippen LogP contribution in [0, 0.1) is 5.92 Å². The van der Waals surface area contributed by atoms with Crippen LogP contribution in [0.25, 0.3) is 0 Å². The summed E-state index contributed by atoms with van der Waals surface area (Å²) in [5, 5.41) is 9.98. The Labute approximate surface area is 126 Å². The number of hydrogen-bond donors (Lipinski definition) is 2. The number of primary amides is 1. The summed E-state index contributed by atoms with van der Waals surface area (Å²) < 4.78 is 0. The van der Waals surface area contributed by atoms with Crippen LogP contribution in [0.1, 0.15) is 40.0 Å². The van der Waals surface area contributed by atoms with Crippen LogP contribution in [0.5, 0.6) is 0 Å². The lowest BCUT2D eigenvalue weighted by molar-refractivity contribution is -0.160. The Hall–Kier alpha value is -1.63. The minimum atomic E-state index is -1.61. The zero-order valence-corrected chi connectivity index (χ0v) is 13.5. The maximum Gasteiger partial charge on any atom is 0.273 e. The van der Waals surface area contributed by atoms with Crippen molar-refractivity contribution in [1.29, 1.82) is 0 Å². The van der Waals surface area contributed by atoms with Crippen molar-refractivity contribution < 1.29 is 19.5 Å². The molecule has 0 aliphatic heterocycles. The first-order valence-corrected chi connectivity index (χ1v) is 7.13. The molecule has 0 aromatic heterocycles. The normalized spacial score (nSPS) is 13.7. The Morgan fingerprint density at radius 3 is 2.05 bits per heavy atom. The molecule has 0 aliphatic carbocycles. The van der Waals surface area contributed by atoms with E-state index in [9.17, 15) is 19.5 Å². The van der Waals surface area contributed by atoms with Crippen LogP contribution in [-0.2, 0) is 14.4 Å². The van der Waals surface area contributed by atoms with E-state index >= 15 is 0 Å². The highest BCUT2D eigenvalue weighted by Gasteiger charge is 2.32. The first kappa shape index (κ1) is 19.4. The van der Waals surface area contributed by atoms with Gasteiger partial charge in [0.05, 0.1) is 0 Å². The van der Waals surface area contributed by atoms with E-state index in [2.05, 4.69) is 0 Å². The molecule has 21 heavy (non-hydrogen) atoms. The topological polar surface area (TPSA) is 104 Å². The van der Waals surface area contributed by atoms with Gasteiger partial charge in [0.25, 0.3) is 5.91 Å². The molecule has 0 aliphatic rings. The van der Waals surface area contributed by atoms with E-state index in [1.807, 2.05) is 20.8 Å². The maximum atomic E-state index is 12.2. The molecule has 7 nitrogen and oxygen atoms in total. The molecule has 7 heteroatoms. The molecule has 0 aromatic carbocycles. The molecular formula is C14H27N3O4. The van der Waals surface area contributed by atoms with Crippen molar-refractivity contribution in [1.82, 2.24) is 9.80 Å². The number of aliphatic hydroxyl groups excluding tert-OH is 1. The molecule has 122 valence electrons. The number of amides is 3. The van der Waals surface area contributed by atoms with E-state index in [1.54, 1.807) is 0 Å². The van der Waals surface area contributed by atoms with Gasteiger partial charge in [-0.2, -0.15) is 0 Å². The average molecular weight is 301 g/mol. The predicted molar refractivity (Wildman–Crippen MR) is 78.9 cm³/mol. The summed E-state index contributed by atoms with van der Waals surface area (Å²) in [5.41, 5.74) is 5.31. The van der Waals surface area contributed by atoms with E-state index in [-0.39, 0.29) is 18.2 Å². The standard InChI is InChI=1S/C14H27N3O4/c1-6-7-11(18)17(5)14(21)13(20)16(4)10(12(15)19)8-9(2)3/h9-10,14,21H,6-8H2,1-5H3,(H2,15,19)/t10-,14+/m0/s1. The fourth-order valence-electron chi connectivity index (χ4n) is 1.94. The lowest BCUT2D eigenvalue weighted by Crippen LogP contribution is -2.54. The third-order valence-corrected chi connectivity index (χ3v) is 3.28. The number of rotatable bonds is 8. The number of hydrogen-bond acceptors (Lipinski definition) is 4. The van der Waals surface area contributed by atoms with Crippen LogP contribution in [-0.4, -0.2) is 59.0 Å². The van der Waals surface area contributed by atoms with Gasteiger partial charge in [-0.25, -0.2) is 0 Å². The quantitative estimate of drug-likeness (QED) is 0.612. The maximum absolute atomic E-state index is 12.2. The molecule has 2 atom stereocenters. The fraction of sp³-hybridized carbons (Fsp3) is 0.786. The number of nitrogens with zero attached hydrogens (tertiary/aromatic N) is 2. The van der Waals surface area contributed by atoms with Crippen LogP contribution in [0.3, 0.4) is 0 Å². The van der Waals surface area contributed by atoms with Crippen LogP contribution in [0.2, 0.25) is 0 Å². The Balaban J connectivity index is 4.94. The van der Waals surface area contributed by atoms with Gasteiger partial charge < -0.3 is 20.6 Å². The second kappa shape index (κ2) is 8.61. The SMILES string of the molecule is CCCC(=O)N(C)[C@H](O)C(=O)N(C)[C@@H](CC(C)C)C(N)=O. The Morgan fingerprint density at radius 2 is 1.67 bits per heavy atom. The van der Waals surface area contributed by atoms with Gasteiger partial charge in [-0.3, -0.25) is 14.4 Å². The van der Waals surface area contributed by atoms with Crippen LogP contribution >= 0.6 is 0 Å². The zero-order chi connectivity index (χ0) is 16.7. The minimum Gasteiger partial charge on any atom is -0.368 e. The number of aliphatic hydroxyl groups is 1. The molecule has 0 fully saturated rings. The van der Waals surface area contributed by atoms with Crippen molar-refractivity contribution in [2.45, 2.75) is 52.3 Å². The third kappa shape index (κ3) is 5.71. The van der Waals surface area contributed by atoms with Crippen LogP contribution < -0.4 is 5.73 Å². The monoisotopic (exact) mass is 301 g/mol. The highest BCUT2D eigenvalue weighted by Crippen LogP contribution is 2.12. The Kier molecular flexibility index (Phi) is 7.94. The fourth-order valence-corrected chi connectivity index (χ4v) is 1.94. The van der Waals surface area contributed by atoms with Crippen molar-refractivity contribution in [3.63, 3.8) is 0 Å². The van der Waals surface area contributed by atoms with Crippen molar-refractivity contribution in [3.8, 4) is 0 Å². The van der Waals surface area contributed by atoms with Crippen LogP contribution in [0.4, 0.5) is 0 Å². The van der Waals surface area contributed by atoms with Crippen molar-refractivity contribution in [3.05, 3.63) is 0 Å². The molecular weight excluding hydrogens is 274 g/mol. The van der Waals surface area contributed by atoms with E-state index in [1.165, 1.54) is 14.1 Å². The molecule has 0 saturated heterocycles. The summed E-state index contributed by atoms with van der Waals surface area (Å²) in [6, 6.07) is -0.804. The van der Waals surface area contributed by atoms with Crippen LogP contribution in [0.15, 0.2) is 0 Å². The number of likely N-dealkylation sites (N-methyl/N-ethyl adjacent to an activating group) is 2. The number of carbonyl (C=O) groups is 3. The lowest BCUT2D eigenvalue weighted by atomic mass is 10.0. The van der Waals surface area contributed by atoms with Gasteiger partial charge in [0.1, 0.15) is 6.04 Å². The van der Waals surface area contributed by atoms with E-state index in [0.717, 1.165) is 9.80 Å². The average Bonchev–Trinajstić information content (AvgIpc) is 2.41. The Morgan fingerprint density at radius 1 is 1.14 bits per heavy atom. The van der Waals surface area contributed by atoms with Crippen molar-refractivity contribution in [2.75, 3.05) is 14.1 Å². The largest absolute Gasteiger partial charge is 0.368 e. The van der Waals surface area contributed by atoms with E-state index < -0.39 is 24.1 Å². The first-order valence-electron chi connectivity index (χ1n) is 7.13. The number of nitrogens with two attached hydrogens (primary N) is 1. The van der Waals surface area contributed by atoms with Gasteiger partial charge in [0.2, 0.25) is 18.0 Å². The predicted octanol–water partition coefficient (Wildman–Crippen LogP) is -0.0783. The minimum absolute atomic E-state index is 0.161. The summed E-state index contributed by atoms with van der Waals surface area (Å²) in [7, 11) is 2.76. The van der Waals surface area contributed by atoms with Gasteiger partial charge in [0, 0.05) is 20.5 Å². The summed E-state index contributed by atoms with van der Waals surface area (Å²) in [4.78, 5) is 37.5. The molecule has 0 heterocycles. The molecule has 0 aromatic rings. The highest BCUT2D eigenvalue weighted by atomic mass is 16.3. The molecule has 0 spiro atoms. The summed E-state index contributed by atoms with van der Waals surface area (Å²) in [6.45, 7) is 5.64. The van der Waals surface area contributed by atoms with Crippen molar-refractivity contribution >= 4 is 17.7 Å². The molecule has 3 N–H and O–H groups in total. The second-order valence-electron chi connectivity index (χ2n) is 5.63. The molecule has 0 radical (unpaired) electrons. The molecule has 3 amide bonds. The molecule has 0 bridgehead atoms. The van der Waals surface area contributed by atoms with Gasteiger partial charge in [-0.15, -0.1) is 0 Å². The van der Waals surface area contributed by atoms with Gasteiger partial charge >= 0.3 is 0 Å². The first-order chi connectivity index (χ1) is 9.63. The second-order valence-corrected chi connectivity index (χ2v) is 5.63. The van der Waals surface area contributed by atoms with E-state index in [0.29, 0.717) is 12.8 Å². The van der Waals surface area contributed by atoms with Gasteiger partial charge in [0.15, 0.2) is 0 Å². The summed E-state index contributed by atoms with van der Waals surface area (Å²) in [6.07, 6.45) is -0.341. The lowest BCUT2D eigenvalue weighted by Gasteiger charge is -2.31. The Bertz CT molecular complexity index is 384. The van der Waals surface area contributed by atoms with Gasteiger partial charge in [-0.05, 0) is 18.8 Å². The molecule has 0 rings (SSSR count). The summed E-state index contributed by atoms with van der Waals surface area (Å²) in [5.74, 6) is -1.51. The van der Waals surface area contributed by atoms with Crippen molar-refractivity contribution in [2.24, 2.45) is 11.7 Å². The molecule has 0 unspecified atom stereocenters. The molecule has 0 saturated carbocycles. The third-order valence-electron chi connectivity index (χ3n) is 3.28. The van der Waals surface area contributed by atoms with Gasteiger partial charge in [-0.1, -0.05) is 20.8 Å². The number of carbonyl (C=O) groups excluding carboxylic acids is 3. The summed E-state index contributed by atoms with van der Waals surface area (Å²) >= 11 is 0. The highest BCUT2D eigenvalue weighted by molar-refractivity contribution is 5.90. The smallest absolute Gasteiger partial charge is 0.273 e. The zero-order valence-electron chi connectivity index (χ0n) is 13.5.